The van der Waals surface area contributed by atoms with Gasteiger partial charge in [-0.3, -0.25) is 0 Å². The first-order chi connectivity index (χ1) is 41.4. The largest absolute Gasteiger partial charge is 0.309 e. The number of aromatic nitrogens is 1. The van der Waals surface area contributed by atoms with Crippen LogP contribution in [-0.4, -0.2) is 12.6 Å². The first kappa shape index (κ1) is 49.4. The monoisotopic (exact) mass is 1080 g/mol. The van der Waals surface area contributed by atoms with Crippen molar-refractivity contribution >= 4 is 61.8 Å². The molecule has 394 valence electrons. The molecule has 2 heterocycles. The van der Waals surface area contributed by atoms with Crippen molar-refractivity contribution in [3.63, 3.8) is 0 Å². The molecule has 0 saturated carbocycles. The molecular formula is C82H57NSi. The summed E-state index contributed by atoms with van der Waals surface area (Å²) in [6, 6.07) is 115. The molecule has 0 bridgehead atoms. The summed E-state index contributed by atoms with van der Waals surface area (Å²) in [6.45, 7) is 5.07. The highest BCUT2D eigenvalue weighted by molar-refractivity contribution is 7.03. The molecule has 0 N–H and O–H groups in total. The normalized spacial score (nSPS) is 12.5. The van der Waals surface area contributed by atoms with Gasteiger partial charge in [-0.25, -0.2) is 0 Å². The molecule has 1 aliphatic rings. The van der Waals surface area contributed by atoms with Crippen LogP contribution < -0.4 is 10.4 Å². The van der Waals surface area contributed by atoms with Crippen LogP contribution in [0.1, 0.15) is 0 Å². The van der Waals surface area contributed by atoms with Crippen LogP contribution in [0.25, 0.3) is 149 Å². The van der Waals surface area contributed by atoms with E-state index < -0.39 is 8.07 Å². The molecular weight excluding hydrogens is 1030 g/mol. The Morgan fingerprint density at radius 2 is 0.536 bits per heavy atom. The van der Waals surface area contributed by atoms with Crippen LogP contribution in [-0.2, 0) is 0 Å². The fraction of sp³-hybridized carbons (Fsp3) is 0.0244. The summed E-state index contributed by atoms with van der Waals surface area (Å²) in [7, 11) is -2.12. The average molecular weight is 1080 g/mol. The number of benzene rings is 14. The number of nitrogens with zero attached hydrogens (tertiary/aromatic N) is 1. The van der Waals surface area contributed by atoms with Crippen LogP contribution >= 0.6 is 0 Å². The lowest BCUT2D eigenvalue weighted by molar-refractivity contribution is 1.18. The smallest absolute Gasteiger partial charge is 0.113 e. The van der Waals surface area contributed by atoms with Crippen LogP contribution in [0.4, 0.5) is 0 Å². The Labute approximate surface area is 491 Å². The number of hydrogen-bond acceptors (Lipinski definition) is 0. The third-order valence-corrected chi connectivity index (χ3v) is 21.6. The van der Waals surface area contributed by atoms with Gasteiger partial charge in [-0.05, 0) is 168 Å². The molecule has 1 aliphatic heterocycles. The van der Waals surface area contributed by atoms with Crippen molar-refractivity contribution in [3.05, 3.63) is 309 Å². The van der Waals surface area contributed by atoms with Crippen LogP contribution in [0, 0.1) is 0 Å². The van der Waals surface area contributed by atoms with E-state index in [2.05, 4.69) is 327 Å². The molecule has 1 aromatic heterocycles. The molecule has 16 rings (SSSR count). The van der Waals surface area contributed by atoms with Crippen molar-refractivity contribution in [1.82, 2.24) is 4.57 Å². The summed E-state index contributed by atoms with van der Waals surface area (Å²) in [4.78, 5) is 0. The van der Waals surface area contributed by atoms with Crippen molar-refractivity contribution in [3.8, 4) is 106 Å². The number of fused-ring (bicyclic) bond motifs is 8. The predicted molar refractivity (Wildman–Crippen MR) is 361 cm³/mol. The molecule has 0 amide bonds. The molecule has 0 atom stereocenters. The third-order valence-electron chi connectivity index (χ3n) is 18.1. The van der Waals surface area contributed by atoms with Crippen molar-refractivity contribution in [2.24, 2.45) is 0 Å². The quantitative estimate of drug-likeness (QED) is 0.127. The van der Waals surface area contributed by atoms with Gasteiger partial charge in [0.2, 0.25) is 0 Å². The Kier molecular flexibility index (Phi) is 11.7. The van der Waals surface area contributed by atoms with Gasteiger partial charge in [0.05, 0.1) is 11.0 Å². The molecule has 0 aliphatic carbocycles. The Bertz CT molecular complexity index is 4800. The van der Waals surface area contributed by atoms with Crippen molar-refractivity contribution in [1.29, 1.82) is 0 Å². The van der Waals surface area contributed by atoms with Gasteiger partial charge in [-0.15, -0.1) is 0 Å². The standard InChI is InChI=1S/C82H57NSi/c1-84(2)81-52-69(62-32-22-55(23-33-62)54-12-4-3-5-13-54)42-46-75(81)76-47-45-70(53-82(76)84)83-79-48-43-67(60-28-24-56(25-29-60)58-34-38-65(39-35-58)73-20-10-16-63-14-6-8-18-71(63)73)50-77(79)78-51-68(44-49-80(78)83)61-30-26-57(27-31-61)59-36-40-66(41-37-59)74-21-11-17-64-15-7-9-19-72(64)74/h3-53H,1-2H3. The van der Waals surface area contributed by atoms with E-state index in [1.54, 1.807) is 0 Å². The van der Waals surface area contributed by atoms with Crippen LogP contribution in [0.3, 0.4) is 0 Å². The summed E-state index contributed by atoms with van der Waals surface area (Å²) in [5.41, 5.74) is 25.9. The second-order valence-corrected chi connectivity index (χ2v) is 27.5. The molecule has 0 fully saturated rings. The van der Waals surface area contributed by atoms with E-state index >= 15 is 0 Å². The van der Waals surface area contributed by atoms with Gasteiger partial charge < -0.3 is 4.57 Å². The lowest BCUT2D eigenvalue weighted by Gasteiger charge is -2.20. The Balaban J connectivity index is 0.749. The number of rotatable bonds is 9. The van der Waals surface area contributed by atoms with Crippen molar-refractivity contribution in [2.45, 2.75) is 13.1 Å². The van der Waals surface area contributed by atoms with E-state index in [0.717, 1.165) is 0 Å². The van der Waals surface area contributed by atoms with Gasteiger partial charge in [-0.2, -0.15) is 0 Å². The molecule has 1 nitrogen and oxygen atoms in total. The Hall–Kier alpha value is -10.4. The van der Waals surface area contributed by atoms with Crippen LogP contribution in [0.5, 0.6) is 0 Å². The van der Waals surface area contributed by atoms with E-state index in [1.807, 2.05) is 0 Å². The topological polar surface area (TPSA) is 4.93 Å². The summed E-state index contributed by atoms with van der Waals surface area (Å²) in [6.07, 6.45) is 0. The Morgan fingerprint density at radius 1 is 0.214 bits per heavy atom. The second kappa shape index (κ2) is 20.0. The first-order valence-corrected chi connectivity index (χ1v) is 32.3. The van der Waals surface area contributed by atoms with Crippen molar-refractivity contribution < 1.29 is 0 Å². The Morgan fingerprint density at radius 3 is 0.988 bits per heavy atom. The van der Waals surface area contributed by atoms with Crippen LogP contribution in [0.2, 0.25) is 13.1 Å². The highest BCUT2D eigenvalue weighted by atomic mass is 28.3. The highest BCUT2D eigenvalue weighted by Crippen LogP contribution is 2.41. The maximum atomic E-state index is 2.54. The second-order valence-electron chi connectivity index (χ2n) is 23.2. The minimum atomic E-state index is -2.12. The molecule has 84 heavy (non-hydrogen) atoms. The average Bonchev–Trinajstić information content (AvgIpc) is 3.07. The zero-order chi connectivity index (χ0) is 55.9. The zero-order valence-electron chi connectivity index (χ0n) is 46.9. The zero-order valence-corrected chi connectivity index (χ0v) is 47.9. The lowest BCUT2D eigenvalue weighted by atomic mass is 9.95. The molecule has 2 heteroatoms. The van der Waals surface area contributed by atoms with Gasteiger partial charge in [0.25, 0.3) is 0 Å². The molecule has 15 aromatic rings. The molecule has 14 aromatic carbocycles. The lowest BCUT2D eigenvalue weighted by Crippen LogP contribution is -2.49. The first-order valence-electron chi connectivity index (χ1n) is 29.3. The van der Waals surface area contributed by atoms with Crippen molar-refractivity contribution in [2.75, 3.05) is 0 Å². The summed E-state index contributed by atoms with van der Waals surface area (Å²) < 4.78 is 2.52. The van der Waals surface area contributed by atoms with Gasteiger partial charge in [0.15, 0.2) is 0 Å². The van der Waals surface area contributed by atoms with Gasteiger partial charge in [0, 0.05) is 16.5 Å². The third kappa shape index (κ3) is 8.45. The van der Waals surface area contributed by atoms with E-state index in [9.17, 15) is 0 Å². The maximum Gasteiger partial charge on any atom is 0.113 e. The van der Waals surface area contributed by atoms with E-state index in [1.165, 1.54) is 160 Å². The van der Waals surface area contributed by atoms with Crippen LogP contribution in [0.15, 0.2) is 309 Å². The van der Waals surface area contributed by atoms with Gasteiger partial charge >= 0.3 is 0 Å². The van der Waals surface area contributed by atoms with Gasteiger partial charge in [-0.1, -0.05) is 286 Å². The van der Waals surface area contributed by atoms with E-state index in [4.69, 9.17) is 0 Å². The molecule has 0 spiro atoms. The summed E-state index contributed by atoms with van der Waals surface area (Å²) in [5, 5.41) is 10.5. The summed E-state index contributed by atoms with van der Waals surface area (Å²) >= 11 is 0. The molecule has 0 radical (unpaired) electrons. The highest BCUT2D eigenvalue weighted by Gasteiger charge is 2.38. The number of hydrogen-bond donors (Lipinski definition) is 0. The summed E-state index contributed by atoms with van der Waals surface area (Å²) in [5.74, 6) is 0. The van der Waals surface area contributed by atoms with E-state index in [-0.39, 0.29) is 0 Å². The maximum absolute atomic E-state index is 2.54. The molecule has 0 unspecified atom stereocenters. The SMILES string of the molecule is C[Si]1(C)c2cc(-c3ccc(-c4ccccc4)cc3)ccc2-c2ccc(-n3c4ccc(-c5ccc(-c6ccc(-c7cccc8ccccc78)cc6)cc5)cc4c4cc(-c5ccc(-c6ccc(-c7cccc8ccccc78)cc6)cc5)ccc43)cc21. The fourth-order valence-corrected chi connectivity index (χ4v) is 16.6. The van der Waals surface area contributed by atoms with E-state index in [0.29, 0.717) is 0 Å². The van der Waals surface area contributed by atoms with Gasteiger partial charge in [0.1, 0.15) is 8.07 Å². The predicted octanol–water partition coefficient (Wildman–Crippen LogP) is 21.2. The molecule has 0 saturated heterocycles. The minimum Gasteiger partial charge on any atom is -0.309 e. The minimum absolute atomic E-state index is 1.19. The fourth-order valence-electron chi connectivity index (χ4n) is 13.5.